The van der Waals surface area contributed by atoms with Crippen LogP contribution >= 0.6 is 0 Å². The van der Waals surface area contributed by atoms with E-state index in [0.717, 1.165) is 23.6 Å². The maximum Gasteiger partial charge on any atom is 0.344 e. The van der Waals surface area contributed by atoms with Crippen LogP contribution in [0.5, 0.6) is 5.75 Å². The van der Waals surface area contributed by atoms with Crippen molar-refractivity contribution in [1.29, 1.82) is 0 Å². The van der Waals surface area contributed by atoms with E-state index in [1.54, 1.807) is 36.4 Å². The number of esters is 2. The summed E-state index contributed by atoms with van der Waals surface area (Å²) in [6.07, 6.45) is 1.78. The van der Waals surface area contributed by atoms with E-state index in [2.05, 4.69) is 13.8 Å². The molecule has 0 saturated heterocycles. The Bertz CT molecular complexity index is 975. The van der Waals surface area contributed by atoms with Crippen LogP contribution in [0.1, 0.15) is 47.4 Å². The molecule has 0 aliphatic rings. The van der Waals surface area contributed by atoms with Crippen LogP contribution in [0.4, 0.5) is 0 Å². The first-order valence-corrected chi connectivity index (χ1v) is 9.51. The Balaban J connectivity index is 1.71. The molecule has 0 aliphatic carbocycles. The van der Waals surface area contributed by atoms with E-state index < -0.39 is 11.9 Å². The van der Waals surface area contributed by atoms with Gasteiger partial charge in [-0.1, -0.05) is 56.3 Å². The molecular formula is C24H24O4. The fraction of sp³-hybridized carbons (Fsp3) is 0.250. The monoisotopic (exact) mass is 376 g/mol. The molecule has 3 rings (SSSR count). The second-order valence-electron chi connectivity index (χ2n) is 7.12. The van der Waals surface area contributed by atoms with Gasteiger partial charge in [-0.05, 0) is 53.8 Å². The zero-order valence-electron chi connectivity index (χ0n) is 16.2. The smallest absolute Gasteiger partial charge is 0.344 e. The van der Waals surface area contributed by atoms with Gasteiger partial charge in [0.1, 0.15) is 5.75 Å². The van der Waals surface area contributed by atoms with Crippen molar-refractivity contribution < 1.29 is 19.1 Å². The molecule has 0 aliphatic heterocycles. The minimum absolute atomic E-state index is 0.199. The Morgan fingerprint density at radius 3 is 2.18 bits per heavy atom. The third kappa shape index (κ3) is 4.97. The van der Waals surface area contributed by atoms with Crippen LogP contribution in [0, 0.1) is 5.92 Å². The maximum atomic E-state index is 12.7. The van der Waals surface area contributed by atoms with Crippen molar-refractivity contribution in [1.82, 2.24) is 0 Å². The summed E-state index contributed by atoms with van der Waals surface area (Å²) < 4.78 is 10.8. The standard InChI is InChI=1S/C24H24O4/c1-17(2)8-7-15-27-23(25)21-11-5-6-12-22(21)24(26)28-20-14-13-18-9-3-4-10-19(18)16-20/h3-6,9-14,16-17H,7-8,15H2,1-2H3. The summed E-state index contributed by atoms with van der Waals surface area (Å²) >= 11 is 0. The number of hydrogen-bond donors (Lipinski definition) is 0. The molecule has 28 heavy (non-hydrogen) atoms. The summed E-state index contributed by atoms with van der Waals surface area (Å²) in [5.41, 5.74) is 0.419. The highest BCUT2D eigenvalue weighted by atomic mass is 16.5. The summed E-state index contributed by atoms with van der Waals surface area (Å²) in [6, 6.07) is 19.8. The molecule has 0 aromatic heterocycles. The van der Waals surface area contributed by atoms with Gasteiger partial charge in [0.05, 0.1) is 17.7 Å². The van der Waals surface area contributed by atoms with Crippen molar-refractivity contribution in [3.8, 4) is 5.75 Å². The van der Waals surface area contributed by atoms with Gasteiger partial charge in [0.25, 0.3) is 0 Å². The topological polar surface area (TPSA) is 52.6 Å². The van der Waals surface area contributed by atoms with Crippen molar-refractivity contribution in [2.75, 3.05) is 6.61 Å². The number of hydrogen-bond acceptors (Lipinski definition) is 4. The van der Waals surface area contributed by atoms with E-state index in [-0.39, 0.29) is 11.1 Å². The lowest BCUT2D eigenvalue weighted by Gasteiger charge is -2.10. The molecule has 0 radical (unpaired) electrons. The summed E-state index contributed by atoms with van der Waals surface area (Å²) in [7, 11) is 0. The molecular weight excluding hydrogens is 352 g/mol. The van der Waals surface area contributed by atoms with E-state index in [1.165, 1.54) is 0 Å². The summed E-state index contributed by atoms with van der Waals surface area (Å²) in [5.74, 6) is -0.0912. The van der Waals surface area contributed by atoms with Crippen molar-refractivity contribution in [3.05, 3.63) is 77.9 Å². The first-order valence-electron chi connectivity index (χ1n) is 9.51. The fourth-order valence-electron chi connectivity index (χ4n) is 2.97. The average molecular weight is 376 g/mol. The van der Waals surface area contributed by atoms with Gasteiger partial charge >= 0.3 is 11.9 Å². The molecule has 3 aromatic rings. The lowest BCUT2D eigenvalue weighted by Crippen LogP contribution is -2.16. The zero-order valence-corrected chi connectivity index (χ0v) is 16.2. The molecule has 4 heteroatoms. The molecule has 0 bridgehead atoms. The second kappa shape index (κ2) is 9.18. The molecule has 0 amide bonds. The third-order valence-electron chi connectivity index (χ3n) is 4.46. The summed E-state index contributed by atoms with van der Waals surface area (Å²) in [6.45, 7) is 4.59. The third-order valence-corrected chi connectivity index (χ3v) is 4.46. The van der Waals surface area contributed by atoms with E-state index in [1.807, 2.05) is 30.3 Å². The van der Waals surface area contributed by atoms with E-state index in [4.69, 9.17) is 9.47 Å². The van der Waals surface area contributed by atoms with Crippen molar-refractivity contribution in [3.63, 3.8) is 0 Å². The van der Waals surface area contributed by atoms with Crippen LogP contribution in [0.15, 0.2) is 66.7 Å². The van der Waals surface area contributed by atoms with Crippen LogP contribution in [0.25, 0.3) is 10.8 Å². The fourth-order valence-corrected chi connectivity index (χ4v) is 2.97. The van der Waals surface area contributed by atoms with Crippen LogP contribution in [-0.4, -0.2) is 18.5 Å². The van der Waals surface area contributed by atoms with Gasteiger partial charge in [0.2, 0.25) is 0 Å². The Morgan fingerprint density at radius 2 is 1.46 bits per heavy atom. The minimum Gasteiger partial charge on any atom is -0.462 e. The van der Waals surface area contributed by atoms with Gasteiger partial charge in [0, 0.05) is 0 Å². The Labute approximate surface area is 165 Å². The Kier molecular flexibility index (Phi) is 6.43. The number of ether oxygens (including phenoxy) is 2. The van der Waals surface area contributed by atoms with Crippen molar-refractivity contribution in [2.45, 2.75) is 26.7 Å². The van der Waals surface area contributed by atoms with E-state index >= 15 is 0 Å². The minimum atomic E-state index is -0.579. The molecule has 0 spiro atoms. The first kappa shape index (κ1) is 19.6. The lowest BCUT2D eigenvalue weighted by atomic mass is 10.1. The summed E-state index contributed by atoms with van der Waals surface area (Å²) in [4.78, 5) is 25.1. The van der Waals surface area contributed by atoms with Gasteiger partial charge in [-0.2, -0.15) is 0 Å². The van der Waals surface area contributed by atoms with Gasteiger partial charge in [-0.15, -0.1) is 0 Å². The number of fused-ring (bicyclic) bond motifs is 1. The zero-order chi connectivity index (χ0) is 19.9. The van der Waals surface area contributed by atoms with Crippen LogP contribution in [0.3, 0.4) is 0 Å². The van der Waals surface area contributed by atoms with E-state index in [0.29, 0.717) is 18.3 Å². The Hall–Kier alpha value is -3.14. The summed E-state index contributed by atoms with van der Waals surface area (Å²) in [5, 5.41) is 2.04. The Morgan fingerprint density at radius 1 is 0.821 bits per heavy atom. The number of benzene rings is 3. The molecule has 0 saturated carbocycles. The highest BCUT2D eigenvalue weighted by Gasteiger charge is 2.19. The van der Waals surface area contributed by atoms with Crippen LogP contribution in [0.2, 0.25) is 0 Å². The molecule has 4 nitrogen and oxygen atoms in total. The lowest BCUT2D eigenvalue weighted by molar-refractivity contribution is 0.0486. The van der Waals surface area contributed by atoms with Gasteiger partial charge in [0.15, 0.2) is 0 Å². The van der Waals surface area contributed by atoms with Gasteiger partial charge in [-0.3, -0.25) is 0 Å². The quantitative estimate of drug-likeness (QED) is 0.304. The highest BCUT2D eigenvalue weighted by molar-refractivity contribution is 6.04. The molecule has 0 heterocycles. The maximum absolute atomic E-state index is 12.7. The highest BCUT2D eigenvalue weighted by Crippen LogP contribution is 2.22. The molecule has 144 valence electrons. The number of carbonyl (C=O) groups excluding carboxylic acids is 2. The largest absolute Gasteiger partial charge is 0.462 e. The molecule has 3 aromatic carbocycles. The molecule has 0 N–H and O–H groups in total. The molecule has 0 atom stereocenters. The van der Waals surface area contributed by atoms with Crippen LogP contribution < -0.4 is 4.74 Å². The SMILES string of the molecule is CC(C)CCCOC(=O)c1ccccc1C(=O)Oc1ccc2ccccc2c1. The number of rotatable bonds is 7. The molecule has 0 unspecified atom stereocenters. The van der Waals surface area contributed by atoms with E-state index in [9.17, 15) is 9.59 Å². The second-order valence-corrected chi connectivity index (χ2v) is 7.12. The first-order chi connectivity index (χ1) is 13.5. The number of carbonyl (C=O) groups is 2. The predicted molar refractivity (Wildman–Crippen MR) is 110 cm³/mol. The van der Waals surface area contributed by atoms with Crippen molar-refractivity contribution in [2.24, 2.45) is 5.92 Å². The molecule has 0 fully saturated rings. The van der Waals surface area contributed by atoms with Crippen LogP contribution in [-0.2, 0) is 4.74 Å². The van der Waals surface area contributed by atoms with Gasteiger partial charge in [-0.25, -0.2) is 9.59 Å². The van der Waals surface area contributed by atoms with Crippen molar-refractivity contribution >= 4 is 22.7 Å². The average Bonchev–Trinajstić information content (AvgIpc) is 2.70. The predicted octanol–water partition coefficient (Wildman–Crippen LogP) is 5.65. The van der Waals surface area contributed by atoms with Gasteiger partial charge < -0.3 is 9.47 Å². The normalized spacial score (nSPS) is 10.8.